The van der Waals surface area contributed by atoms with Crippen LogP contribution in [0.25, 0.3) is 0 Å². The van der Waals surface area contributed by atoms with E-state index in [1.54, 1.807) is 7.11 Å². The van der Waals surface area contributed by atoms with Gasteiger partial charge >= 0.3 is 0 Å². The number of rotatable bonds is 11. The van der Waals surface area contributed by atoms with Crippen LogP contribution in [0.1, 0.15) is 31.5 Å². The summed E-state index contributed by atoms with van der Waals surface area (Å²) >= 11 is 0. The maximum atomic E-state index is 5.65. The van der Waals surface area contributed by atoms with Crippen LogP contribution in [0.3, 0.4) is 0 Å². The molecule has 0 spiro atoms. The summed E-state index contributed by atoms with van der Waals surface area (Å²) in [5.74, 6) is 0.663. The molecule has 21 heavy (non-hydrogen) atoms. The second-order valence-electron chi connectivity index (χ2n) is 5.30. The van der Waals surface area contributed by atoms with Gasteiger partial charge in [0.25, 0.3) is 0 Å². The van der Waals surface area contributed by atoms with E-state index in [9.17, 15) is 0 Å². The van der Waals surface area contributed by atoms with Gasteiger partial charge in [-0.15, -0.1) is 0 Å². The minimum Gasteiger partial charge on any atom is -0.475 e. The fraction of sp³-hybridized carbons (Fsp3) is 0.688. The zero-order valence-corrected chi connectivity index (χ0v) is 13.6. The lowest BCUT2D eigenvalue weighted by atomic mass is 10.2. The molecule has 0 saturated heterocycles. The Balaban J connectivity index is 2.30. The Morgan fingerprint density at radius 2 is 1.95 bits per heavy atom. The molecule has 5 nitrogen and oxygen atoms in total. The van der Waals surface area contributed by atoms with Crippen LogP contribution in [-0.4, -0.2) is 44.6 Å². The molecule has 0 aliphatic heterocycles. The van der Waals surface area contributed by atoms with Crippen molar-refractivity contribution in [2.45, 2.75) is 39.8 Å². The largest absolute Gasteiger partial charge is 0.475 e. The molecule has 1 aromatic heterocycles. The van der Waals surface area contributed by atoms with E-state index in [1.807, 2.05) is 13.0 Å². The molecule has 0 amide bonds. The predicted octanol–water partition coefficient (Wildman–Crippen LogP) is 2.32. The molecule has 1 N–H and O–H groups in total. The number of hydrogen-bond donors (Lipinski definition) is 1. The van der Waals surface area contributed by atoms with E-state index in [1.165, 1.54) is 5.56 Å². The molecule has 0 saturated carbocycles. The fourth-order valence-corrected chi connectivity index (χ4v) is 1.82. The van der Waals surface area contributed by atoms with Gasteiger partial charge in [0.2, 0.25) is 5.88 Å². The summed E-state index contributed by atoms with van der Waals surface area (Å²) < 4.78 is 16.1. The Kier molecular flexibility index (Phi) is 8.98. The van der Waals surface area contributed by atoms with Gasteiger partial charge in [-0.2, -0.15) is 0 Å². The number of nitrogens with zero attached hydrogens (tertiary/aromatic N) is 1. The van der Waals surface area contributed by atoms with Gasteiger partial charge in [0, 0.05) is 44.7 Å². The van der Waals surface area contributed by atoms with Crippen molar-refractivity contribution in [2.75, 3.05) is 33.5 Å². The van der Waals surface area contributed by atoms with Crippen molar-refractivity contribution in [3.05, 3.63) is 23.4 Å². The van der Waals surface area contributed by atoms with Crippen LogP contribution in [0.2, 0.25) is 0 Å². The molecule has 0 radical (unpaired) electrons. The van der Waals surface area contributed by atoms with Gasteiger partial charge in [0.1, 0.15) is 6.61 Å². The van der Waals surface area contributed by atoms with Gasteiger partial charge in [0.05, 0.1) is 6.61 Å². The molecule has 0 bridgehead atoms. The molecule has 0 aromatic carbocycles. The summed E-state index contributed by atoms with van der Waals surface area (Å²) in [4.78, 5) is 4.38. The molecule has 1 aromatic rings. The Morgan fingerprint density at radius 3 is 2.67 bits per heavy atom. The molecule has 0 fully saturated rings. The van der Waals surface area contributed by atoms with Crippen molar-refractivity contribution < 1.29 is 14.2 Å². The van der Waals surface area contributed by atoms with Crippen LogP contribution in [-0.2, 0) is 16.0 Å². The van der Waals surface area contributed by atoms with Gasteiger partial charge in [-0.1, -0.05) is 13.8 Å². The first-order valence-corrected chi connectivity index (χ1v) is 7.52. The molecule has 1 heterocycles. The highest BCUT2D eigenvalue weighted by molar-refractivity contribution is 5.24. The van der Waals surface area contributed by atoms with Crippen molar-refractivity contribution in [1.29, 1.82) is 0 Å². The summed E-state index contributed by atoms with van der Waals surface area (Å²) in [5.41, 5.74) is 2.15. The summed E-state index contributed by atoms with van der Waals surface area (Å²) in [5, 5.41) is 3.39. The van der Waals surface area contributed by atoms with Gasteiger partial charge in [-0.05, 0) is 25.0 Å². The molecule has 5 heteroatoms. The topological polar surface area (TPSA) is 52.6 Å². The summed E-state index contributed by atoms with van der Waals surface area (Å²) in [7, 11) is 1.69. The second kappa shape index (κ2) is 10.5. The molecule has 1 rings (SSSR count). The average Bonchev–Trinajstić information content (AvgIpc) is 2.44. The van der Waals surface area contributed by atoms with E-state index in [-0.39, 0.29) is 0 Å². The quantitative estimate of drug-likeness (QED) is 0.635. The van der Waals surface area contributed by atoms with Crippen LogP contribution < -0.4 is 10.1 Å². The highest BCUT2D eigenvalue weighted by atomic mass is 16.5. The lowest BCUT2D eigenvalue weighted by Gasteiger charge is -2.11. The number of aryl methyl sites for hydroxylation is 1. The smallest absolute Gasteiger partial charge is 0.213 e. The third-order valence-corrected chi connectivity index (χ3v) is 2.82. The van der Waals surface area contributed by atoms with E-state index in [4.69, 9.17) is 14.2 Å². The van der Waals surface area contributed by atoms with Gasteiger partial charge in [-0.25, -0.2) is 4.98 Å². The first-order chi connectivity index (χ1) is 10.1. The monoisotopic (exact) mass is 296 g/mol. The van der Waals surface area contributed by atoms with Crippen LogP contribution in [0.15, 0.2) is 12.1 Å². The summed E-state index contributed by atoms with van der Waals surface area (Å²) in [6, 6.07) is 4.51. The Bertz CT molecular complexity index is 397. The second-order valence-corrected chi connectivity index (χ2v) is 5.30. The number of aromatic nitrogens is 1. The van der Waals surface area contributed by atoms with Crippen molar-refractivity contribution >= 4 is 0 Å². The van der Waals surface area contributed by atoms with Crippen LogP contribution in [0.5, 0.6) is 5.88 Å². The zero-order valence-electron chi connectivity index (χ0n) is 13.6. The molecular weight excluding hydrogens is 268 g/mol. The molecule has 120 valence electrons. The highest BCUT2D eigenvalue weighted by Gasteiger charge is 2.02. The normalized spacial score (nSPS) is 11.1. The third-order valence-electron chi connectivity index (χ3n) is 2.82. The number of hydrogen-bond acceptors (Lipinski definition) is 5. The molecule has 0 aliphatic rings. The van der Waals surface area contributed by atoms with Gasteiger partial charge < -0.3 is 19.5 Å². The van der Waals surface area contributed by atoms with E-state index in [0.717, 1.165) is 25.3 Å². The fourth-order valence-electron chi connectivity index (χ4n) is 1.82. The van der Waals surface area contributed by atoms with E-state index < -0.39 is 0 Å². The van der Waals surface area contributed by atoms with E-state index >= 15 is 0 Å². The third kappa shape index (κ3) is 8.65. The van der Waals surface area contributed by atoms with Crippen LogP contribution >= 0.6 is 0 Å². The Morgan fingerprint density at radius 1 is 1.14 bits per heavy atom. The van der Waals surface area contributed by atoms with Gasteiger partial charge in [-0.3, -0.25) is 0 Å². The Labute approximate surface area is 128 Å². The summed E-state index contributed by atoms with van der Waals surface area (Å²) in [6.07, 6.45) is 0.907. The van der Waals surface area contributed by atoms with Crippen LogP contribution in [0.4, 0.5) is 0 Å². The predicted molar refractivity (Wildman–Crippen MR) is 83.8 cm³/mol. The van der Waals surface area contributed by atoms with Crippen molar-refractivity contribution in [2.24, 2.45) is 0 Å². The number of pyridine rings is 1. The van der Waals surface area contributed by atoms with Gasteiger partial charge in [0.15, 0.2) is 0 Å². The van der Waals surface area contributed by atoms with Crippen molar-refractivity contribution in [1.82, 2.24) is 10.3 Å². The molecule has 0 atom stereocenters. The van der Waals surface area contributed by atoms with Crippen molar-refractivity contribution in [3.8, 4) is 5.88 Å². The maximum absolute atomic E-state index is 5.65. The Hall–Kier alpha value is -1.17. The number of methoxy groups -OCH3 is 1. The SMILES string of the molecule is COCCCOCCOc1cc(CNC(C)C)cc(C)n1. The zero-order chi connectivity index (χ0) is 15.5. The van der Waals surface area contributed by atoms with E-state index in [0.29, 0.717) is 31.7 Å². The minimum atomic E-state index is 0.461. The van der Waals surface area contributed by atoms with Crippen LogP contribution in [0, 0.1) is 6.92 Å². The lowest BCUT2D eigenvalue weighted by molar-refractivity contribution is 0.0795. The van der Waals surface area contributed by atoms with Crippen molar-refractivity contribution in [3.63, 3.8) is 0 Å². The first-order valence-electron chi connectivity index (χ1n) is 7.52. The molecule has 0 unspecified atom stereocenters. The number of ether oxygens (including phenoxy) is 3. The first kappa shape index (κ1) is 17.9. The molecule has 0 aliphatic carbocycles. The highest BCUT2D eigenvalue weighted by Crippen LogP contribution is 2.12. The molecular formula is C16H28N2O3. The average molecular weight is 296 g/mol. The lowest BCUT2D eigenvalue weighted by Crippen LogP contribution is -2.22. The number of nitrogens with one attached hydrogen (secondary N) is 1. The standard InChI is InChI=1S/C16H28N2O3/c1-13(2)17-12-15-10-14(3)18-16(11-15)21-9-8-20-7-5-6-19-4/h10-11,13,17H,5-9,12H2,1-4H3. The summed E-state index contributed by atoms with van der Waals surface area (Å²) in [6.45, 7) is 9.57. The minimum absolute atomic E-state index is 0.461. The van der Waals surface area contributed by atoms with E-state index in [2.05, 4.69) is 30.2 Å². The maximum Gasteiger partial charge on any atom is 0.213 e.